The van der Waals surface area contributed by atoms with Crippen LogP contribution in [0.4, 0.5) is 10.1 Å². The van der Waals surface area contributed by atoms with Crippen LogP contribution in [0.1, 0.15) is 0 Å². The maximum atomic E-state index is 13.2. The Morgan fingerprint density at radius 2 is 2.05 bits per heavy atom. The molecule has 0 spiro atoms. The van der Waals surface area contributed by atoms with E-state index in [0.29, 0.717) is 27.2 Å². The van der Waals surface area contributed by atoms with Crippen LogP contribution in [0.5, 0.6) is 11.5 Å². The summed E-state index contributed by atoms with van der Waals surface area (Å²) < 4.78 is 20.5. The highest BCUT2D eigenvalue weighted by Crippen LogP contribution is 2.37. The molecule has 0 unspecified atom stereocenters. The van der Waals surface area contributed by atoms with Crippen LogP contribution >= 0.6 is 27.3 Å². The molecule has 1 aromatic heterocycles. The van der Waals surface area contributed by atoms with Crippen LogP contribution in [-0.2, 0) is 0 Å². The Balaban J connectivity index is 2.05. The van der Waals surface area contributed by atoms with Gasteiger partial charge in [0.1, 0.15) is 22.8 Å². The maximum Gasteiger partial charge on any atom is 0.152 e. The van der Waals surface area contributed by atoms with Gasteiger partial charge in [-0.15, -0.1) is 11.3 Å². The second-order valence-corrected chi connectivity index (χ2v) is 5.59. The summed E-state index contributed by atoms with van der Waals surface area (Å²) in [6.07, 6.45) is 0. The smallest absolute Gasteiger partial charge is 0.152 e. The molecule has 2 N–H and O–H groups in total. The number of hydrogen-bond donors (Lipinski definition) is 1. The van der Waals surface area contributed by atoms with Gasteiger partial charge in [0, 0.05) is 6.07 Å². The Morgan fingerprint density at radius 1 is 1.21 bits per heavy atom. The highest BCUT2D eigenvalue weighted by atomic mass is 79.9. The monoisotopic (exact) mass is 338 g/mol. The minimum absolute atomic E-state index is 0.369. The molecule has 0 amide bonds. The molecule has 0 aliphatic rings. The van der Waals surface area contributed by atoms with Gasteiger partial charge in [0.25, 0.3) is 0 Å². The lowest BCUT2D eigenvalue weighted by atomic mass is 10.2. The largest absolute Gasteiger partial charge is 0.454 e. The first kappa shape index (κ1) is 12.4. The average Bonchev–Trinajstić information content (AvgIpc) is 2.86. The molecule has 0 saturated heterocycles. The number of aromatic nitrogens is 1. The Labute approximate surface area is 121 Å². The fraction of sp³-hybridized carbons (Fsp3) is 0. The molecule has 3 rings (SSSR count). The Kier molecular flexibility index (Phi) is 3.12. The van der Waals surface area contributed by atoms with Gasteiger partial charge in [-0.1, -0.05) is 0 Å². The molecule has 3 aromatic rings. The summed E-state index contributed by atoms with van der Waals surface area (Å²) in [5.74, 6) is 0.470. The first-order valence-electron chi connectivity index (χ1n) is 5.40. The van der Waals surface area contributed by atoms with Crippen molar-refractivity contribution in [3.05, 3.63) is 46.1 Å². The van der Waals surface area contributed by atoms with Crippen LogP contribution in [0.25, 0.3) is 10.2 Å². The molecule has 2 aromatic carbocycles. The molecule has 6 heteroatoms. The number of nitrogens with two attached hydrogens (primary N) is 1. The van der Waals surface area contributed by atoms with E-state index in [1.54, 1.807) is 17.6 Å². The van der Waals surface area contributed by atoms with Crippen molar-refractivity contribution in [3.8, 4) is 11.5 Å². The summed E-state index contributed by atoms with van der Waals surface area (Å²) in [6, 6.07) is 7.88. The Morgan fingerprint density at radius 3 is 2.89 bits per heavy atom. The van der Waals surface area contributed by atoms with Gasteiger partial charge in [-0.25, -0.2) is 9.37 Å². The SMILES string of the molecule is Nc1c(Oc2cc(F)ccc2Br)ccc2scnc12. The van der Waals surface area contributed by atoms with Gasteiger partial charge in [0.05, 0.1) is 14.7 Å². The fourth-order valence-electron chi connectivity index (χ4n) is 1.70. The standard InChI is InChI=1S/C13H8BrFN2OS/c14-8-2-1-7(15)5-10(8)18-9-3-4-11-13(12(9)16)17-6-19-11/h1-6H,16H2. The molecule has 0 radical (unpaired) electrons. The number of nitrogen functional groups attached to an aromatic ring is 1. The third-order valence-electron chi connectivity index (χ3n) is 2.61. The average molecular weight is 339 g/mol. The second kappa shape index (κ2) is 4.79. The highest BCUT2D eigenvalue weighted by molar-refractivity contribution is 9.10. The highest BCUT2D eigenvalue weighted by Gasteiger charge is 2.11. The lowest BCUT2D eigenvalue weighted by molar-refractivity contribution is 0.476. The van der Waals surface area contributed by atoms with Crippen molar-refractivity contribution in [2.75, 3.05) is 5.73 Å². The minimum Gasteiger partial charge on any atom is -0.454 e. The summed E-state index contributed by atoms with van der Waals surface area (Å²) in [4.78, 5) is 4.19. The van der Waals surface area contributed by atoms with E-state index in [0.717, 1.165) is 4.70 Å². The summed E-state index contributed by atoms with van der Waals surface area (Å²) in [5.41, 5.74) is 8.89. The van der Waals surface area contributed by atoms with E-state index in [4.69, 9.17) is 10.5 Å². The van der Waals surface area contributed by atoms with E-state index in [-0.39, 0.29) is 5.82 Å². The number of ether oxygens (including phenoxy) is 1. The number of thiazole rings is 1. The van der Waals surface area contributed by atoms with Crippen molar-refractivity contribution in [3.63, 3.8) is 0 Å². The lowest BCUT2D eigenvalue weighted by Crippen LogP contribution is -1.94. The van der Waals surface area contributed by atoms with E-state index in [1.165, 1.54) is 23.5 Å². The van der Waals surface area contributed by atoms with E-state index < -0.39 is 0 Å². The predicted octanol–water partition coefficient (Wildman–Crippen LogP) is 4.57. The first-order valence-corrected chi connectivity index (χ1v) is 7.07. The molecule has 0 bridgehead atoms. The zero-order valence-corrected chi connectivity index (χ0v) is 12.0. The van der Waals surface area contributed by atoms with Crippen molar-refractivity contribution in [1.82, 2.24) is 4.98 Å². The number of rotatable bonds is 2. The quantitative estimate of drug-likeness (QED) is 0.696. The summed E-state index contributed by atoms with van der Waals surface area (Å²) >= 11 is 4.81. The molecule has 96 valence electrons. The third kappa shape index (κ3) is 2.29. The number of halogens is 2. The van der Waals surface area contributed by atoms with Crippen LogP contribution in [0.2, 0.25) is 0 Å². The topological polar surface area (TPSA) is 48.1 Å². The molecule has 0 fully saturated rings. The molecule has 0 aliphatic heterocycles. The fourth-order valence-corrected chi connectivity index (χ4v) is 2.72. The third-order valence-corrected chi connectivity index (χ3v) is 4.06. The molecule has 3 nitrogen and oxygen atoms in total. The summed E-state index contributed by atoms with van der Waals surface area (Å²) in [7, 11) is 0. The normalized spacial score (nSPS) is 10.8. The van der Waals surface area contributed by atoms with Crippen molar-refractivity contribution in [2.45, 2.75) is 0 Å². The molecule has 0 aliphatic carbocycles. The van der Waals surface area contributed by atoms with E-state index in [1.807, 2.05) is 6.07 Å². The van der Waals surface area contributed by atoms with Crippen LogP contribution in [0, 0.1) is 5.82 Å². The molecule has 1 heterocycles. The van der Waals surface area contributed by atoms with E-state index in [9.17, 15) is 4.39 Å². The maximum absolute atomic E-state index is 13.2. The van der Waals surface area contributed by atoms with Gasteiger partial charge < -0.3 is 10.5 Å². The molecule has 19 heavy (non-hydrogen) atoms. The number of benzene rings is 2. The molecule has 0 atom stereocenters. The van der Waals surface area contributed by atoms with Crippen molar-refractivity contribution < 1.29 is 9.13 Å². The second-order valence-electron chi connectivity index (χ2n) is 3.85. The zero-order valence-electron chi connectivity index (χ0n) is 9.56. The number of fused-ring (bicyclic) bond motifs is 1. The van der Waals surface area contributed by atoms with Crippen LogP contribution in [0.3, 0.4) is 0 Å². The van der Waals surface area contributed by atoms with Gasteiger partial charge in [-0.05, 0) is 40.2 Å². The molecular formula is C13H8BrFN2OS. The summed E-state index contributed by atoms with van der Waals surface area (Å²) in [6.45, 7) is 0. The van der Waals surface area contributed by atoms with Crippen LogP contribution < -0.4 is 10.5 Å². The van der Waals surface area contributed by atoms with Gasteiger partial charge >= 0.3 is 0 Å². The van der Waals surface area contributed by atoms with Gasteiger partial charge in [-0.2, -0.15) is 0 Å². The number of hydrogen-bond acceptors (Lipinski definition) is 4. The zero-order chi connectivity index (χ0) is 13.4. The first-order chi connectivity index (χ1) is 9.15. The van der Waals surface area contributed by atoms with Crippen LogP contribution in [0.15, 0.2) is 40.3 Å². The van der Waals surface area contributed by atoms with Crippen LogP contribution in [-0.4, -0.2) is 4.98 Å². The van der Waals surface area contributed by atoms with Gasteiger partial charge in [-0.3, -0.25) is 0 Å². The molecular weight excluding hydrogens is 331 g/mol. The van der Waals surface area contributed by atoms with Gasteiger partial charge in [0.2, 0.25) is 0 Å². The van der Waals surface area contributed by atoms with E-state index >= 15 is 0 Å². The minimum atomic E-state index is -0.369. The lowest BCUT2D eigenvalue weighted by Gasteiger charge is -2.10. The van der Waals surface area contributed by atoms with Crippen molar-refractivity contribution in [1.29, 1.82) is 0 Å². The van der Waals surface area contributed by atoms with E-state index in [2.05, 4.69) is 20.9 Å². The van der Waals surface area contributed by atoms with Crippen molar-refractivity contribution in [2.24, 2.45) is 0 Å². The summed E-state index contributed by atoms with van der Waals surface area (Å²) in [5, 5.41) is 0. The van der Waals surface area contributed by atoms with Gasteiger partial charge in [0.15, 0.2) is 5.75 Å². The number of nitrogens with zero attached hydrogens (tertiary/aromatic N) is 1. The predicted molar refractivity (Wildman–Crippen MR) is 78.2 cm³/mol. The number of anilines is 1. The van der Waals surface area contributed by atoms with Crippen molar-refractivity contribution >= 4 is 43.2 Å². The Hall–Kier alpha value is -1.66. The Bertz CT molecular complexity index is 759. The molecule has 0 saturated carbocycles.